The monoisotopic (exact) mass is 202 g/mol. The molecular weight excluding hydrogens is 194 g/mol. The molecule has 1 aromatic rings. The third-order valence-corrected chi connectivity index (χ3v) is 1.13. The maximum Gasteiger partial charge on any atom is 1.00 e. The molecule has 2 N–H and O–H groups in total. The van der Waals surface area contributed by atoms with Crippen LogP contribution in [0, 0.1) is 0 Å². The van der Waals surface area contributed by atoms with Crippen LogP contribution < -0.4 is 80.9 Å². The third kappa shape index (κ3) is 4.39. The van der Waals surface area contributed by atoms with Gasteiger partial charge in [0.2, 0.25) is 0 Å². The number of phenols is 1. The Morgan fingerprint density at radius 3 is 2.17 bits per heavy atom. The van der Waals surface area contributed by atoms with E-state index in [0.717, 1.165) is 0 Å². The summed E-state index contributed by atoms with van der Waals surface area (Å²) in [5.74, 6) is -1.31. The molecule has 0 aromatic heterocycles. The molecule has 0 saturated carbocycles. The van der Waals surface area contributed by atoms with E-state index in [1.165, 1.54) is 12.1 Å². The van der Waals surface area contributed by atoms with E-state index >= 15 is 0 Å². The van der Waals surface area contributed by atoms with Crippen molar-refractivity contribution in [1.82, 2.24) is 0 Å². The number of hydrogen-bond acceptors (Lipinski definition) is 2. The number of carboxylic acid groups (broad SMARTS) is 1. The summed E-state index contributed by atoms with van der Waals surface area (Å²) in [4.78, 5) is 10.3. The molecular formula is C7H8KNaO3. The molecule has 3 nitrogen and oxygen atoms in total. The van der Waals surface area contributed by atoms with Gasteiger partial charge in [0.15, 0.2) is 0 Å². The number of para-hydroxylation sites is 1. The van der Waals surface area contributed by atoms with Crippen LogP contribution in [0.3, 0.4) is 0 Å². The summed E-state index contributed by atoms with van der Waals surface area (Å²) in [5.41, 5.74) is -0.0671. The number of rotatable bonds is 1. The zero-order valence-electron chi connectivity index (χ0n) is 9.11. The van der Waals surface area contributed by atoms with Gasteiger partial charge in [0.1, 0.15) is 11.3 Å². The van der Waals surface area contributed by atoms with E-state index in [1.807, 2.05) is 0 Å². The van der Waals surface area contributed by atoms with E-state index < -0.39 is 5.97 Å². The molecule has 0 aliphatic carbocycles. The molecule has 0 saturated heterocycles. The molecule has 1 rings (SSSR count). The summed E-state index contributed by atoms with van der Waals surface area (Å²) in [6, 6.07) is 5.81. The van der Waals surface area contributed by atoms with Crippen molar-refractivity contribution in [3.63, 3.8) is 0 Å². The number of carboxylic acids is 1. The first-order chi connectivity index (χ1) is 4.72. The fourth-order valence-corrected chi connectivity index (χ4v) is 0.654. The van der Waals surface area contributed by atoms with Gasteiger partial charge < -0.3 is 13.1 Å². The molecule has 12 heavy (non-hydrogen) atoms. The summed E-state index contributed by atoms with van der Waals surface area (Å²) in [7, 11) is 0. The molecule has 0 radical (unpaired) electrons. The minimum atomic E-state index is -1.11. The van der Waals surface area contributed by atoms with E-state index in [9.17, 15) is 4.79 Å². The fraction of sp³-hybridized carbons (Fsp3) is 0. The van der Waals surface area contributed by atoms with E-state index in [4.69, 9.17) is 10.2 Å². The topological polar surface area (TPSA) is 57.5 Å². The van der Waals surface area contributed by atoms with E-state index in [1.54, 1.807) is 12.1 Å². The Hall–Kier alpha value is 1.13. The minimum absolute atomic E-state index is 0. The fourth-order valence-electron chi connectivity index (χ4n) is 0.654. The van der Waals surface area contributed by atoms with Crippen molar-refractivity contribution in [2.45, 2.75) is 0 Å². The number of aromatic hydroxyl groups is 1. The Labute approximate surface area is 138 Å². The average Bonchev–Trinajstić information content (AvgIpc) is 1.88. The molecule has 0 amide bonds. The molecule has 0 unspecified atom stereocenters. The quantitative estimate of drug-likeness (QED) is 0.450. The van der Waals surface area contributed by atoms with Gasteiger partial charge in [-0.05, 0) is 12.1 Å². The van der Waals surface area contributed by atoms with Gasteiger partial charge in [-0.25, -0.2) is 4.79 Å². The second-order valence-electron chi connectivity index (χ2n) is 1.82. The molecule has 5 heteroatoms. The van der Waals surface area contributed by atoms with E-state index in [-0.39, 0.29) is 95.1 Å². The Bertz CT molecular complexity index is 273. The number of aromatic carboxylic acids is 1. The van der Waals surface area contributed by atoms with Crippen LogP contribution in [0.5, 0.6) is 5.75 Å². The van der Waals surface area contributed by atoms with Crippen molar-refractivity contribution in [2.24, 2.45) is 0 Å². The zero-order valence-corrected chi connectivity index (χ0v) is 12.2. The Morgan fingerprint density at radius 2 is 1.83 bits per heavy atom. The van der Waals surface area contributed by atoms with Gasteiger partial charge in [0, 0.05) is 0 Å². The van der Waals surface area contributed by atoms with Crippen molar-refractivity contribution in [3.05, 3.63) is 29.8 Å². The molecule has 0 heterocycles. The first kappa shape index (κ1) is 15.6. The molecule has 0 bridgehead atoms. The van der Waals surface area contributed by atoms with Crippen molar-refractivity contribution in [1.29, 1.82) is 0 Å². The third-order valence-electron chi connectivity index (χ3n) is 1.13. The largest absolute Gasteiger partial charge is 1.00 e. The van der Waals surface area contributed by atoms with Gasteiger partial charge in [-0.15, -0.1) is 0 Å². The predicted molar refractivity (Wildman–Crippen MR) is 37.3 cm³/mol. The van der Waals surface area contributed by atoms with E-state index in [2.05, 4.69) is 0 Å². The van der Waals surface area contributed by atoms with Crippen molar-refractivity contribution < 1.29 is 98.8 Å². The van der Waals surface area contributed by atoms with Gasteiger partial charge >= 0.3 is 86.9 Å². The van der Waals surface area contributed by atoms with Crippen LogP contribution in [0.15, 0.2) is 24.3 Å². The summed E-state index contributed by atoms with van der Waals surface area (Å²) >= 11 is 0. The Kier molecular flexibility index (Phi) is 9.77. The first-order valence-electron chi connectivity index (χ1n) is 2.73. The van der Waals surface area contributed by atoms with Gasteiger partial charge in [0.05, 0.1) is 0 Å². The van der Waals surface area contributed by atoms with Crippen molar-refractivity contribution in [2.75, 3.05) is 0 Å². The molecule has 0 spiro atoms. The molecule has 0 fully saturated rings. The van der Waals surface area contributed by atoms with Gasteiger partial charge in [-0.3, -0.25) is 0 Å². The first-order valence-corrected chi connectivity index (χ1v) is 2.73. The van der Waals surface area contributed by atoms with Gasteiger partial charge in [0.25, 0.3) is 0 Å². The number of carbonyl (C=O) groups is 1. The van der Waals surface area contributed by atoms with Crippen LogP contribution in [0.25, 0.3) is 0 Å². The van der Waals surface area contributed by atoms with Crippen LogP contribution in [0.4, 0.5) is 0 Å². The standard InChI is InChI=1S/C7H6O3.K.Na.2H/c8-6-4-2-1-3-5(6)7(9)10;;;;/h1-4,8H,(H,9,10);;;;/q;2*+1;2*-1. The minimum Gasteiger partial charge on any atom is -1.00 e. The zero-order chi connectivity index (χ0) is 7.56. The second kappa shape index (κ2) is 7.52. The number of hydrogen-bond donors (Lipinski definition) is 2. The average molecular weight is 202 g/mol. The van der Waals surface area contributed by atoms with Crippen LogP contribution >= 0.6 is 0 Å². The molecule has 0 aliphatic rings. The van der Waals surface area contributed by atoms with Gasteiger partial charge in [-0.1, -0.05) is 12.1 Å². The molecule has 0 aliphatic heterocycles. The Morgan fingerprint density at radius 1 is 1.33 bits per heavy atom. The van der Waals surface area contributed by atoms with Gasteiger partial charge in [-0.2, -0.15) is 0 Å². The van der Waals surface area contributed by atoms with Crippen LogP contribution in [-0.2, 0) is 0 Å². The van der Waals surface area contributed by atoms with Crippen molar-refractivity contribution >= 4 is 5.97 Å². The SMILES string of the molecule is O=C(O)c1ccccc1O.[H-].[H-].[K+].[Na+]. The second-order valence-corrected chi connectivity index (χ2v) is 1.82. The smallest absolute Gasteiger partial charge is 1.00 e. The van der Waals surface area contributed by atoms with E-state index in [0.29, 0.717) is 0 Å². The predicted octanol–water partition coefficient (Wildman–Crippen LogP) is -4.68. The van der Waals surface area contributed by atoms with Crippen LogP contribution in [0.2, 0.25) is 0 Å². The summed E-state index contributed by atoms with van der Waals surface area (Å²) in [5, 5.41) is 17.3. The Balaban J connectivity index is -0.000000125. The summed E-state index contributed by atoms with van der Waals surface area (Å²) < 4.78 is 0. The molecule has 1 aromatic carbocycles. The molecule has 0 atom stereocenters. The van der Waals surface area contributed by atoms with Crippen LogP contribution in [0.1, 0.15) is 13.2 Å². The maximum absolute atomic E-state index is 10.3. The van der Waals surface area contributed by atoms with Crippen molar-refractivity contribution in [3.8, 4) is 5.75 Å². The normalized spacial score (nSPS) is 7.67. The number of benzene rings is 1. The summed E-state index contributed by atoms with van der Waals surface area (Å²) in [6.45, 7) is 0. The maximum atomic E-state index is 10.3. The van der Waals surface area contributed by atoms with Crippen LogP contribution in [-0.4, -0.2) is 16.2 Å². The molecule has 56 valence electrons. The summed E-state index contributed by atoms with van der Waals surface area (Å²) in [6.07, 6.45) is 0.